The van der Waals surface area contributed by atoms with Crippen molar-refractivity contribution in [2.24, 2.45) is 5.92 Å². The Kier molecular flexibility index (Phi) is 8.22. The molecule has 1 N–H and O–H groups in total. The van der Waals surface area contributed by atoms with Gasteiger partial charge in [0.25, 0.3) is 5.91 Å². The van der Waals surface area contributed by atoms with Crippen LogP contribution in [0.1, 0.15) is 18.4 Å². The first-order valence-corrected chi connectivity index (χ1v) is 12.0. The molecule has 1 heterocycles. The number of esters is 1. The molecule has 10 heteroatoms. The first kappa shape index (κ1) is 24.2. The maximum absolute atomic E-state index is 12.9. The summed E-state index contributed by atoms with van der Waals surface area (Å²) >= 11 is 5.83. The number of amides is 1. The van der Waals surface area contributed by atoms with Crippen LogP contribution in [0.2, 0.25) is 5.02 Å². The lowest BCUT2D eigenvalue weighted by molar-refractivity contribution is -0.153. The van der Waals surface area contributed by atoms with E-state index in [1.54, 1.807) is 12.1 Å². The highest BCUT2D eigenvalue weighted by Gasteiger charge is 2.34. The van der Waals surface area contributed by atoms with E-state index in [-0.39, 0.29) is 17.3 Å². The molecule has 32 heavy (non-hydrogen) atoms. The lowest BCUT2D eigenvalue weighted by Gasteiger charge is -2.30. The predicted octanol–water partition coefficient (Wildman–Crippen LogP) is 2.78. The van der Waals surface area contributed by atoms with E-state index in [1.165, 1.54) is 40.7 Å². The molecule has 0 aromatic heterocycles. The number of piperidine rings is 1. The van der Waals surface area contributed by atoms with Crippen molar-refractivity contribution >= 4 is 33.5 Å². The van der Waals surface area contributed by atoms with Crippen LogP contribution in [-0.4, -0.2) is 50.8 Å². The normalized spacial score (nSPS) is 17.0. The second kappa shape index (κ2) is 10.9. The topological polar surface area (TPSA) is 92.8 Å². The Bertz CT molecular complexity index is 1040. The molecule has 1 amide bonds. The number of rotatable bonds is 8. The average molecular weight is 483 g/mol. The zero-order valence-corrected chi connectivity index (χ0v) is 18.9. The molecule has 7 nitrogen and oxygen atoms in total. The molecule has 1 fully saturated rings. The van der Waals surface area contributed by atoms with Crippen LogP contribution in [0.15, 0.2) is 53.4 Å². The van der Waals surface area contributed by atoms with Gasteiger partial charge in [-0.1, -0.05) is 23.7 Å². The summed E-state index contributed by atoms with van der Waals surface area (Å²) in [4.78, 5) is 24.5. The largest absolute Gasteiger partial charge is 0.455 e. The highest BCUT2D eigenvalue weighted by atomic mass is 35.5. The Balaban J connectivity index is 1.45. The van der Waals surface area contributed by atoms with Crippen LogP contribution >= 0.6 is 11.6 Å². The van der Waals surface area contributed by atoms with Crippen molar-refractivity contribution in [3.05, 3.63) is 64.9 Å². The first-order valence-electron chi connectivity index (χ1n) is 10.2. The van der Waals surface area contributed by atoms with Gasteiger partial charge in [0.1, 0.15) is 5.82 Å². The van der Waals surface area contributed by atoms with Crippen LogP contribution in [0.25, 0.3) is 0 Å². The van der Waals surface area contributed by atoms with Crippen molar-refractivity contribution in [3.8, 4) is 0 Å². The average Bonchev–Trinajstić information content (AvgIpc) is 2.79. The lowest BCUT2D eigenvalue weighted by Crippen LogP contribution is -2.43. The van der Waals surface area contributed by atoms with Gasteiger partial charge in [0.2, 0.25) is 10.0 Å². The predicted molar refractivity (Wildman–Crippen MR) is 117 cm³/mol. The Morgan fingerprint density at radius 3 is 2.50 bits per heavy atom. The quantitative estimate of drug-likeness (QED) is 0.584. The van der Waals surface area contributed by atoms with Crippen molar-refractivity contribution < 1.29 is 27.1 Å². The van der Waals surface area contributed by atoms with E-state index in [9.17, 15) is 22.4 Å². The summed E-state index contributed by atoms with van der Waals surface area (Å²) in [5.74, 6) is -2.03. The zero-order valence-electron chi connectivity index (χ0n) is 17.3. The maximum atomic E-state index is 12.9. The number of hydrogen-bond acceptors (Lipinski definition) is 5. The molecule has 0 radical (unpaired) electrons. The van der Waals surface area contributed by atoms with Gasteiger partial charge in [0.05, 0.1) is 10.8 Å². The molecule has 1 atom stereocenters. The number of carbonyl (C=O) groups excluding carboxylic acids is 2. The van der Waals surface area contributed by atoms with Crippen LogP contribution < -0.4 is 5.32 Å². The van der Waals surface area contributed by atoms with Gasteiger partial charge >= 0.3 is 5.97 Å². The van der Waals surface area contributed by atoms with E-state index in [0.717, 1.165) is 5.56 Å². The monoisotopic (exact) mass is 482 g/mol. The first-order chi connectivity index (χ1) is 15.3. The minimum absolute atomic E-state index is 0.00399. The van der Waals surface area contributed by atoms with Crippen LogP contribution in [0.3, 0.4) is 0 Å². The number of nitrogens with one attached hydrogen (secondary N) is 1. The molecule has 0 bridgehead atoms. The lowest BCUT2D eigenvalue weighted by atomic mass is 10.00. The molecular formula is C22H24ClFN2O5S. The molecule has 0 saturated carbocycles. The summed E-state index contributed by atoms with van der Waals surface area (Å²) in [6.45, 7) is 0.176. The summed E-state index contributed by atoms with van der Waals surface area (Å²) < 4.78 is 44.9. The summed E-state index contributed by atoms with van der Waals surface area (Å²) in [6.07, 6.45) is 1.51. The fourth-order valence-electron chi connectivity index (χ4n) is 3.41. The number of halogens is 2. The second-order valence-corrected chi connectivity index (χ2v) is 9.86. The fraction of sp³-hybridized carbons (Fsp3) is 0.364. The molecule has 1 unspecified atom stereocenters. The third-order valence-electron chi connectivity index (χ3n) is 5.16. The Morgan fingerprint density at radius 2 is 1.81 bits per heavy atom. The third-order valence-corrected chi connectivity index (χ3v) is 7.29. The van der Waals surface area contributed by atoms with E-state index >= 15 is 0 Å². The maximum Gasteiger partial charge on any atom is 0.310 e. The van der Waals surface area contributed by atoms with Crippen molar-refractivity contribution in [2.45, 2.75) is 24.2 Å². The number of sulfonamides is 1. The van der Waals surface area contributed by atoms with Crippen LogP contribution in [0.4, 0.5) is 4.39 Å². The van der Waals surface area contributed by atoms with Gasteiger partial charge in [-0.25, -0.2) is 12.8 Å². The van der Waals surface area contributed by atoms with E-state index in [4.69, 9.17) is 16.3 Å². The van der Waals surface area contributed by atoms with Gasteiger partial charge in [-0.3, -0.25) is 9.59 Å². The van der Waals surface area contributed by atoms with Crippen molar-refractivity contribution in [2.75, 3.05) is 26.2 Å². The fourth-order valence-corrected chi connectivity index (χ4v) is 5.06. The van der Waals surface area contributed by atoms with Gasteiger partial charge in [-0.15, -0.1) is 0 Å². The molecular weight excluding hydrogens is 459 g/mol. The zero-order chi connectivity index (χ0) is 23.1. The van der Waals surface area contributed by atoms with Gasteiger partial charge < -0.3 is 10.1 Å². The Hall–Kier alpha value is -2.49. The minimum atomic E-state index is -3.75. The summed E-state index contributed by atoms with van der Waals surface area (Å²) in [6, 6.07) is 11.8. The standard InChI is InChI=1S/C22H24ClFN2O5S/c23-18-5-9-20(10-6-18)32(29,30)26-13-1-2-17(14-26)22(28)31-15-21(27)25-12-11-16-3-7-19(24)8-4-16/h3-10,17H,1-2,11-15H2,(H,25,27). The molecule has 0 spiro atoms. The molecule has 3 rings (SSSR count). The molecule has 2 aromatic rings. The smallest absolute Gasteiger partial charge is 0.310 e. The van der Waals surface area contributed by atoms with Crippen molar-refractivity contribution in [1.82, 2.24) is 9.62 Å². The third kappa shape index (κ3) is 6.51. The van der Waals surface area contributed by atoms with Crippen LogP contribution in [0, 0.1) is 11.7 Å². The van der Waals surface area contributed by atoms with Crippen molar-refractivity contribution in [3.63, 3.8) is 0 Å². The Labute approximate surface area is 191 Å². The number of benzene rings is 2. The highest BCUT2D eigenvalue weighted by molar-refractivity contribution is 7.89. The van der Waals surface area contributed by atoms with E-state index in [0.29, 0.717) is 37.4 Å². The second-order valence-electron chi connectivity index (χ2n) is 7.49. The Morgan fingerprint density at radius 1 is 1.12 bits per heavy atom. The molecule has 1 saturated heterocycles. The molecule has 1 aliphatic rings. The molecule has 2 aromatic carbocycles. The summed E-state index contributed by atoms with van der Waals surface area (Å²) in [5, 5.41) is 3.07. The van der Waals surface area contributed by atoms with Gasteiger partial charge in [-0.05, 0) is 61.2 Å². The SMILES string of the molecule is O=C(COC(=O)C1CCCN(S(=O)(=O)c2ccc(Cl)cc2)C1)NCCc1ccc(F)cc1. The number of hydrogen-bond donors (Lipinski definition) is 1. The summed E-state index contributed by atoms with van der Waals surface area (Å²) in [5.41, 5.74) is 0.868. The van der Waals surface area contributed by atoms with E-state index in [1.807, 2.05) is 0 Å². The molecule has 172 valence electrons. The molecule has 0 aliphatic carbocycles. The van der Waals surface area contributed by atoms with Crippen molar-refractivity contribution in [1.29, 1.82) is 0 Å². The minimum Gasteiger partial charge on any atom is -0.455 e. The summed E-state index contributed by atoms with van der Waals surface area (Å²) in [7, 11) is -3.75. The van der Waals surface area contributed by atoms with Crippen LogP contribution in [-0.2, 0) is 30.8 Å². The number of carbonyl (C=O) groups is 2. The number of ether oxygens (including phenoxy) is 1. The van der Waals surface area contributed by atoms with E-state index in [2.05, 4.69) is 5.32 Å². The van der Waals surface area contributed by atoms with Gasteiger partial charge in [0, 0.05) is 24.7 Å². The number of nitrogens with zero attached hydrogens (tertiary/aromatic N) is 1. The van der Waals surface area contributed by atoms with Gasteiger partial charge in [0.15, 0.2) is 6.61 Å². The van der Waals surface area contributed by atoms with Crippen LogP contribution in [0.5, 0.6) is 0 Å². The van der Waals surface area contributed by atoms with Gasteiger partial charge in [-0.2, -0.15) is 4.31 Å². The molecule has 1 aliphatic heterocycles. The van der Waals surface area contributed by atoms with E-state index < -0.39 is 34.4 Å². The highest BCUT2D eigenvalue weighted by Crippen LogP contribution is 2.25.